The van der Waals surface area contributed by atoms with Crippen LogP contribution in [0.15, 0.2) is 29.3 Å². The molecule has 1 atom stereocenters. The second kappa shape index (κ2) is 4.32. The number of carbonyl (C=O) groups is 1. The molecule has 84 valence electrons. The fraction of sp³-hybridized carbons (Fsp3) is 0.273. The van der Waals surface area contributed by atoms with Crippen molar-refractivity contribution in [1.82, 2.24) is 5.32 Å². The lowest BCUT2D eigenvalue weighted by atomic mass is 10.0. The first-order valence-electron chi connectivity index (χ1n) is 4.93. The number of nitrogens with zero attached hydrogens (tertiary/aromatic N) is 1. The van der Waals surface area contributed by atoms with Gasteiger partial charge in [0.05, 0.1) is 6.61 Å². The van der Waals surface area contributed by atoms with Crippen molar-refractivity contribution in [3.8, 4) is 0 Å². The molecule has 5 nitrogen and oxygen atoms in total. The highest BCUT2D eigenvalue weighted by Crippen LogP contribution is 2.18. The lowest BCUT2D eigenvalue weighted by Crippen LogP contribution is -2.27. The zero-order chi connectivity index (χ0) is 11.5. The van der Waals surface area contributed by atoms with Crippen LogP contribution in [-0.4, -0.2) is 19.0 Å². The first kappa shape index (κ1) is 10.6. The largest absolute Gasteiger partial charge is 0.385 e. The van der Waals surface area contributed by atoms with Crippen LogP contribution in [0.1, 0.15) is 17.2 Å². The number of ether oxygens (including phenoxy) is 1. The molecule has 0 fully saturated rings. The third kappa shape index (κ3) is 2.04. The number of amidine groups is 1. The molecule has 0 spiro atoms. The van der Waals surface area contributed by atoms with Gasteiger partial charge in [0.2, 0.25) is 0 Å². The van der Waals surface area contributed by atoms with E-state index < -0.39 is 0 Å². The van der Waals surface area contributed by atoms with Gasteiger partial charge in [-0.05, 0) is 11.1 Å². The second-order valence-electron chi connectivity index (χ2n) is 3.60. The molecule has 1 aromatic carbocycles. The summed E-state index contributed by atoms with van der Waals surface area (Å²) in [6.07, 6.45) is 0. The molecule has 1 heterocycles. The van der Waals surface area contributed by atoms with Gasteiger partial charge >= 0.3 is 6.03 Å². The SMILES string of the molecule is COCc1cccc(C2NC(=O)N=C2N)c1. The zero-order valence-electron chi connectivity index (χ0n) is 8.93. The van der Waals surface area contributed by atoms with Gasteiger partial charge in [-0.15, -0.1) is 0 Å². The predicted octanol–water partition coefficient (Wildman–Crippen LogP) is 0.955. The molecule has 0 aromatic heterocycles. The first-order valence-corrected chi connectivity index (χ1v) is 4.93. The van der Waals surface area contributed by atoms with Crippen molar-refractivity contribution in [3.05, 3.63) is 35.4 Å². The van der Waals surface area contributed by atoms with E-state index in [1.54, 1.807) is 7.11 Å². The first-order chi connectivity index (χ1) is 7.70. The average molecular weight is 219 g/mol. The summed E-state index contributed by atoms with van der Waals surface area (Å²) in [7, 11) is 1.64. The van der Waals surface area contributed by atoms with Crippen LogP contribution < -0.4 is 11.1 Å². The molecule has 0 aliphatic carbocycles. The van der Waals surface area contributed by atoms with Crippen molar-refractivity contribution in [1.29, 1.82) is 0 Å². The van der Waals surface area contributed by atoms with Crippen LogP contribution in [0.2, 0.25) is 0 Å². The van der Waals surface area contributed by atoms with Crippen molar-refractivity contribution >= 4 is 11.9 Å². The van der Waals surface area contributed by atoms with E-state index in [9.17, 15) is 4.79 Å². The lowest BCUT2D eigenvalue weighted by Gasteiger charge is -2.12. The number of hydrogen-bond donors (Lipinski definition) is 2. The van der Waals surface area contributed by atoms with Crippen LogP contribution >= 0.6 is 0 Å². The highest BCUT2D eigenvalue weighted by atomic mass is 16.5. The number of amides is 2. The summed E-state index contributed by atoms with van der Waals surface area (Å²) in [4.78, 5) is 14.7. The third-order valence-electron chi connectivity index (χ3n) is 2.39. The Balaban J connectivity index is 2.24. The fourth-order valence-electron chi connectivity index (χ4n) is 1.69. The number of aliphatic imine (C=N–C) groups is 1. The summed E-state index contributed by atoms with van der Waals surface area (Å²) < 4.78 is 5.04. The van der Waals surface area contributed by atoms with E-state index in [4.69, 9.17) is 10.5 Å². The van der Waals surface area contributed by atoms with E-state index in [-0.39, 0.29) is 12.1 Å². The van der Waals surface area contributed by atoms with Crippen LogP contribution in [0.25, 0.3) is 0 Å². The summed E-state index contributed by atoms with van der Waals surface area (Å²) in [5.41, 5.74) is 7.62. The van der Waals surface area contributed by atoms with E-state index >= 15 is 0 Å². The Bertz CT molecular complexity index is 443. The van der Waals surface area contributed by atoms with Crippen molar-refractivity contribution in [2.24, 2.45) is 10.7 Å². The zero-order valence-corrected chi connectivity index (χ0v) is 8.93. The van der Waals surface area contributed by atoms with Crippen molar-refractivity contribution in [2.45, 2.75) is 12.6 Å². The number of methoxy groups -OCH3 is 1. The molecule has 1 aromatic rings. The minimum atomic E-state index is -0.389. The maximum atomic E-state index is 11.0. The highest BCUT2D eigenvalue weighted by molar-refractivity contribution is 6.03. The maximum Gasteiger partial charge on any atom is 0.343 e. The Labute approximate surface area is 93.3 Å². The van der Waals surface area contributed by atoms with Gasteiger partial charge in [-0.2, -0.15) is 4.99 Å². The summed E-state index contributed by atoms with van der Waals surface area (Å²) in [6.45, 7) is 0.533. The number of nitrogens with one attached hydrogen (secondary N) is 1. The van der Waals surface area contributed by atoms with Crippen LogP contribution in [0, 0.1) is 0 Å². The monoisotopic (exact) mass is 219 g/mol. The van der Waals surface area contributed by atoms with Crippen molar-refractivity contribution in [2.75, 3.05) is 7.11 Å². The summed E-state index contributed by atoms with van der Waals surface area (Å²) in [6, 6.07) is 7.00. The Hall–Kier alpha value is -1.88. The van der Waals surface area contributed by atoms with E-state index in [0.717, 1.165) is 11.1 Å². The average Bonchev–Trinajstić information content (AvgIpc) is 2.59. The molecular formula is C11H13N3O2. The number of nitrogens with two attached hydrogens (primary N) is 1. The minimum Gasteiger partial charge on any atom is -0.385 e. The summed E-state index contributed by atoms with van der Waals surface area (Å²) in [5.74, 6) is 0.305. The Kier molecular flexibility index (Phi) is 2.87. The van der Waals surface area contributed by atoms with E-state index in [2.05, 4.69) is 10.3 Å². The van der Waals surface area contributed by atoms with Crippen molar-refractivity contribution < 1.29 is 9.53 Å². The maximum absolute atomic E-state index is 11.0. The van der Waals surface area contributed by atoms with Gasteiger partial charge in [0.1, 0.15) is 11.9 Å². The van der Waals surface area contributed by atoms with Gasteiger partial charge < -0.3 is 15.8 Å². The number of benzene rings is 1. The van der Waals surface area contributed by atoms with Crippen LogP contribution in [0.4, 0.5) is 4.79 Å². The van der Waals surface area contributed by atoms with E-state index in [1.807, 2.05) is 24.3 Å². The van der Waals surface area contributed by atoms with Gasteiger partial charge in [-0.25, -0.2) is 4.79 Å². The third-order valence-corrected chi connectivity index (χ3v) is 2.39. The molecule has 2 rings (SSSR count). The van der Waals surface area contributed by atoms with Crippen molar-refractivity contribution in [3.63, 3.8) is 0 Å². The highest BCUT2D eigenvalue weighted by Gasteiger charge is 2.24. The number of hydrogen-bond acceptors (Lipinski definition) is 3. The predicted molar refractivity (Wildman–Crippen MR) is 60.1 cm³/mol. The van der Waals surface area contributed by atoms with E-state index in [0.29, 0.717) is 12.4 Å². The Morgan fingerprint density at radius 1 is 1.56 bits per heavy atom. The summed E-state index contributed by atoms with van der Waals surface area (Å²) >= 11 is 0. The molecule has 0 saturated carbocycles. The molecule has 1 aliphatic rings. The molecule has 1 unspecified atom stereocenters. The van der Waals surface area contributed by atoms with Gasteiger partial charge in [-0.3, -0.25) is 0 Å². The molecule has 0 saturated heterocycles. The van der Waals surface area contributed by atoms with E-state index in [1.165, 1.54) is 0 Å². The normalized spacial score (nSPS) is 19.4. The van der Waals surface area contributed by atoms with Crippen LogP contribution in [0.5, 0.6) is 0 Å². The van der Waals surface area contributed by atoms with Gasteiger partial charge in [0.15, 0.2) is 0 Å². The second-order valence-corrected chi connectivity index (χ2v) is 3.60. The smallest absolute Gasteiger partial charge is 0.343 e. The lowest BCUT2D eigenvalue weighted by molar-refractivity contribution is 0.185. The minimum absolute atomic E-state index is 0.305. The standard InChI is InChI=1S/C11H13N3O2/c1-16-6-7-3-2-4-8(5-7)9-10(12)14-11(15)13-9/h2-5,9H,6H2,1H3,(H3,12,13,14,15). The van der Waals surface area contributed by atoms with Crippen LogP contribution in [-0.2, 0) is 11.3 Å². The molecular weight excluding hydrogens is 206 g/mol. The van der Waals surface area contributed by atoms with Gasteiger partial charge in [0, 0.05) is 7.11 Å². The molecule has 0 radical (unpaired) electrons. The Morgan fingerprint density at radius 3 is 3.00 bits per heavy atom. The Morgan fingerprint density at radius 2 is 2.38 bits per heavy atom. The molecule has 3 N–H and O–H groups in total. The number of carbonyl (C=O) groups excluding carboxylic acids is 1. The molecule has 0 bridgehead atoms. The quantitative estimate of drug-likeness (QED) is 0.794. The topological polar surface area (TPSA) is 76.7 Å². The van der Waals surface area contributed by atoms with Crippen LogP contribution in [0.3, 0.4) is 0 Å². The van der Waals surface area contributed by atoms with Gasteiger partial charge in [-0.1, -0.05) is 24.3 Å². The molecule has 1 aliphatic heterocycles. The summed E-state index contributed by atoms with van der Waals surface area (Å²) in [5, 5.41) is 2.68. The van der Waals surface area contributed by atoms with Gasteiger partial charge in [0.25, 0.3) is 0 Å². The number of urea groups is 1. The number of rotatable bonds is 3. The molecule has 16 heavy (non-hydrogen) atoms. The molecule has 5 heteroatoms. The fourth-order valence-corrected chi connectivity index (χ4v) is 1.69. The molecule has 2 amide bonds.